The topological polar surface area (TPSA) is 96.8 Å². The molecule has 0 aliphatic carbocycles. The second-order valence-electron chi connectivity index (χ2n) is 6.89. The summed E-state index contributed by atoms with van der Waals surface area (Å²) in [7, 11) is -1.79. The predicted molar refractivity (Wildman–Crippen MR) is 95.6 cm³/mol. The summed E-state index contributed by atoms with van der Waals surface area (Å²) >= 11 is 0. The maximum atomic E-state index is 12.9. The molecule has 26 heavy (non-hydrogen) atoms. The number of carbonyl (C=O) groups excluding carboxylic acids is 2. The standard InChI is InChI=1S/C17H23N3O5S/c1-3-5-15(21)19-8-9-20(14-11-26(24,25)10-13(14)19)17(23)12-6-4-7-18(2)16(12)22/h4,6-7,13-14H,3,5,8-11H2,1-2H3/t13-,14+/m1/s1. The zero-order chi connectivity index (χ0) is 19.1. The predicted octanol–water partition coefficient (Wildman–Crippen LogP) is -0.365. The van der Waals surface area contributed by atoms with Gasteiger partial charge in [0.2, 0.25) is 5.91 Å². The van der Waals surface area contributed by atoms with Crippen molar-refractivity contribution < 1.29 is 18.0 Å². The van der Waals surface area contributed by atoms with Crippen molar-refractivity contribution >= 4 is 21.7 Å². The molecule has 2 aliphatic heterocycles. The molecule has 2 atom stereocenters. The Bertz CT molecular complexity index is 892. The molecule has 0 N–H and O–H groups in total. The van der Waals surface area contributed by atoms with E-state index in [1.807, 2.05) is 6.92 Å². The van der Waals surface area contributed by atoms with E-state index in [0.717, 1.165) is 0 Å². The number of pyridine rings is 1. The number of carbonyl (C=O) groups is 2. The average molecular weight is 381 g/mol. The molecule has 0 saturated carbocycles. The first kappa shape index (κ1) is 18.6. The van der Waals surface area contributed by atoms with Gasteiger partial charge >= 0.3 is 0 Å². The number of aromatic nitrogens is 1. The van der Waals surface area contributed by atoms with Gasteiger partial charge in [0, 0.05) is 32.8 Å². The number of hydrogen-bond donors (Lipinski definition) is 0. The third kappa shape index (κ3) is 3.27. The molecule has 2 amide bonds. The van der Waals surface area contributed by atoms with Crippen LogP contribution in [0.15, 0.2) is 23.1 Å². The molecular weight excluding hydrogens is 358 g/mol. The Morgan fingerprint density at radius 2 is 1.77 bits per heavy atom. The Balaban J connectivity index is 1.93. The normalized spacial score (nSPS) is 24.4. The Hall–Kier alpha value is -2.16. The maximum Gasteiger partial charge on any atom is 0.263 e. The highest BCUT2D eigenvalue weighted by Crippen LogP contribution is 2.28. The lowest BCUT2D eigenvalue weighted by atomic mass is 10.0. The fourth-order valence-electron chi connectivity index (χ4n) is 3.79. The molecule has 0 bridgehead atoms. The fourth-order valence-corrected chi connectivity index (χ4v) is 5.77. The van der Waals surface area contributed by atoms with E-state index >= 15 is 0 Å². The van der Waals surface area contributed by atoms with Gasteiger partial charge in [-0.15, -0.1) is 0 Å². The van der Waals surface area contributed by atoms with Crippen LogP contribution in [-0.2, 0) is 21.7 Å². The number of fused-ring (bicyclic) bond motifs is 1. The van der Waals surface area contributed by atoms with Gasteiger partial charge < -0.3 is 14.4 Å². The van der Waals surface area contributed by atoms with Gasteiger partial charge in [-0.1, -0.05) is 6.92 Å². The van der Waals surface area contributed by atoms with Gasteiger partial charge in [0.05, 0.1) is 23.6 Å². The smallest absolute Gasteiger partial charge is 0.263 e. The summed E-state index contributed by atoms with van der Waals surface area (Å²) in [6.45, 7) is 2.41. The second-order valence-corrected chi connectivity index (χ2v) is 9.04. The molecule has 3 heterocycles. The zero-order valence-electron chi connectivity index (χ0n) is 14.9. The third-order valence-corrected chi connectivity index (χ3v) is 6.77. The number of piperazine rings is 1. The minimum atomic E-state index is -3.35. The monoisotopic (exact) mass is 381 g/mol. The van der Waals surface area contributed by atoms with Crippen molar-refractivity contribution in [2.24, 2.45) is 7.05 Å². The summed E-state index contributed by atoms with van der Waals surface area (Å²) in [5.74, 6) is -0.862. The van der Waals surface area contributed by atoms with Gasteiger partial charge in [-0.05, 0) is 18.6 Å². The first-order chi connectivity index (χ1) is 12.2. The van der Waals surface area contributed by atoms with Gasteiger partial charge in [-0.2, -0.15) is 0 Å². The quantitative estimate of drug-likeness (QED) is 0.712. The first-order valence-electron chi connectivity index (χ1n) is 8.71. The molecule has 2 aliphatic rings. The Labute approximate surface area is 152 Å². The molecule has 3 rings (SSSR count). The summed E-state index contributed by atoms with van der Waals surface area (Å²) < 4.78 is 25.7. The first-order valence-corrected chi connectivity index (χ1v) is 10.5. The van der Waals surface area contributed by atoms with Gasteiger partial charge in [0.1, 0.15) is 5.56 Å². The largest absolute Gasteiger partial charge is 0.335 e. The van der Waals surface area contributed by atoms with E-state index in [9.17, 15) is 22.8 Å². The number of rotatable bonds is 3. The molecule has 1 aromatic rings. The summed E-state index contributed by atoms with van der Waals surface area (Å²) in [6.07, 6.45) is 2.60. The van der Waals surface area contributed by atoms with E-state index in [4.69, 9.17) is 0 Å². The molecule has 142 valence electrons. The molecule has 1 aromatic heterocycles. The van der Waals surface area contributed by atoms with Gasteiger partial charge in [-0.25, -0.2) is 8.42 Å². The minimum Gasteiger partial charge on any atom is -0.335 e. The molecule has 9 heteroatoms. The highest BCUT2D eigenvalue weighted by molar-refractivity contribution is 7.91. The molecule has 2 fully saturated rings. The van der Waals surface area contributed by atoms with Crippen LogP contribution in [-0.4, -0.2) is 71.3 Å². The number of hydrogen-bond acceptors (Lipinski definition) is 5. The van der Waals surface area contributed by atoms with Crippen LogP contribution in [0.25, 0.3) is 0 Å². The molecule has 0 unspecified atom stereocenters. The van der Waals surface area contributed by atoms with Gasteiger partial charge in [0.25, 0.3) is 11.5 Å². The summed E-state index contributed by atoms with van der Waals surface area (Å²) in [5.41, 5.74) is -0.397. The lowest BCUT2D eigenvalue weighted by Gasteiger charge is -2.43. The number of nitrogens with zero attached hydrogens (tertiary/aromatic N) is 3. The molecular formula is C17H23N3O5S. The molecule has 0 radical (unpaired) electrons. The van der Waals surface area contributed by atoms with Crippen molar-refractivity contribution in [2.45, 2.75) is 31.8 Å². The Kier molecular flexibility index (Phi) is 4.92. The van der Waals surface area contributed by atoms with Crippen LogP contribution < -0.4 is 5.56 Å². The Morgan fingerprint density at radius 3 is 2.42 bits per heavy atom. The average Bonchev–Trinajstić information content (AvgIpc) is 2.90. The summed E-state index contributed by atoms with van der Waals surface area (Å²) in [4.78, 5) is 40.6. The minimum absolute atomic E-state index is 0.0198. The lowest BCUT2D eigenvalue weighted by Crippen LogP contribution is -2.62. The van der Waals surface area contributed by atoms with Crippen molar-refractivity contribution in [3.8, 4) is 0 Å². The van der Waals surface area contributed by atoms with Crippen LogP contribution >= 0.6 is 0 Å². The maximum absolute atomic E-state index is 12.9. The highest BCUT2D eigenvalue weighted by atomic mass is 32.2. The van der Waals surface area contributed by atoms with E-state index in [1.165, 1.54) is 15.5 Å². The van der Waals surface area contributed by atoms with Crippen molar-refractivity contribution in [3.63, 3.8) is 0 Å². The van der Waals surface area contributed by atoms with Crippen molar-refractivity contribution in [3.05, 3.63) is 34.2 Å². The van der Waals surface area contributed by atoms with E-state index in [0.29, 0.717) is 12.8 Å². The number of aryl methyl sites for hydroxylation is 1. The third-order valence-electron chi connectivity index (χ3n) is 5.07. The van der Waals surface area contributed by atoms with E-state index in [-0.39, 0.29) is 36.1 Å². The van der Waals surface area contributed by atoms with E-state index in [1.54, 1.807) is 24.2 Å². The van der Waals surface area contributed by atoms with Crippen molar-refractivity contribution in [1.29, 1.82) is 0 Å². The SMILES string of the molecule is CCCC(=O)N1CCN(C(=O)c2cccn(C)c2=O)[C@H]2CS(=O)(=O)C[C@H]21. The van der Waals surface area contributed by atoms with Crippen LogP contribution in [0.1, 0.15) is 30.1 Å². The van der Waals surface area contributed by atoms with Crippen LogP contribution in [0.2, 0.25) is 0 Å². The molecule has 2 saturated heterocycles. The Morgan fingerprint density at radius 1 is 1.15 bits per heavy atom. The molecule has 8 nitrogen and oxygen atoms in total. The van der Waals surface area contributed by atoms with Gasteiger partial charge in [-0.3, -0.25) is 14.4 Å². The van der Waals surface area contributed by atoms with E-state index < -0.39 is 33.4 Å². The summed E-state index contributed by atoms with van der Waals surface area (Å²) in [5, 5.41) is 0. The lowest BCUT2D eigenvalue weighted by molar-refractivity contribution is -0.136. The second kappa shape index (κ2) is 6.86. The summed E-state index contributed by atoms with van der Waals surface area (Å²) in [6, 6.07) is 1.92. The van der Waals surface area contributed by atoms with Crippen molar-refractivity contribution in [1.82, 2.24) is 14.4 Å². The van der Waals surface area contributed by atoms with Crippen molar-refractivity contribution in [2.75, 3.05) is 24.6 Å². The fraction of sp³-hybridized carbons (Fsp3) is 0.588. The van der Waals surface area contributed by atoms with Crippen LogP contribution in [0.3, 0.4) is 0 Å². The van der Waals surface area contributed by atoms with Gasteiger partial charge in [0.15, 0.2) is 9.84 Å². The highest BCUT2D eigenvalue weighted by Gasteiger charge is 2.49. The molecule has 0 spiro atoms. The van der Waals surface area contributed by atoms with Crippen LogP contribution in [0.5, 0.6) is 0 Å². The van der Waals surface area contributed by atoms with Crippen LogP contribution in [0, 0.1) is 0 Å². The zero-order valence-corrected chi connectivity index (χ0v) is 15.7. The van der Waals surface area contributed by atoms with E-state index in [2.05, 4.69) is 0 Å². The molecule has 0 aromatic carbocycles. The number of sulfone groups is 1. The van der Waals surface area contributed by atoms with Crippen LogP contribution in [0.4, 0.5) is 0 Å². The number of amides is 2.